The van der Waals surface area contributed by atoms with Crippen molar-refractivity contribution in [2.45, 2.75) is 29.3 Å². The minimum absolute atomic E-state index is 0.265. The van der Waals surface area contributed by atoms with E-state index in [0.29, 0.717) is 37.6 Å². The van der Waals surface area contributed by atoms with Crippen LogP contribution >= 0.6 is 23.1 Å². The molecule has 0 bridgehead atoms. The van der Waals surface area contributed by atoms with E-state index < -0.39 is 10.0 Å². The first kappa shape index (κ1) is 21.7. The topological polar surface area (TPSA) is 90.5 Å². The largest absolute Gasteiger partial charge is 0.379 e. The maximum atomic E-state index is 13.0. The van der Waals surface area contributed by atoms with Crippen LogP contribution in [0.15, 0.2) is 56.4 Å². The SMILES string of the molecule is CCn1c(SCc2cc(-c3cccs3)on2)nc2cc(S(=O)(=O)N3CCOCC3)ccc21. The summed E-state index contributed by atoms with van der Waals surface area (Å²) in [6.45, 7) is 4.36. The summed E-state index contributed by atoms with van der Waals surface area (Å²) < 4.78 is 40.3. The molecule has 0 radical (unpaired) electrons. The fraction of sp³-hybridized carbons (Fsp3) is 0.333. The Bertz CT molecular complexity index is 1320. The molecule has 1 aliphatic rings. The van der Waals surface area contributed by atoms with Crippen LogP contribution in [0.5, 0.6) is 0 Å². The Morgan fingerprint density at radius 2 is 2.03 bits per heavy atom. The summed E-state index contributed by atoms with van der Waals surface area (Å²) in [4.78, 5) is 6.05. The van der Waals surface area contributed by atoms with Gasteiger partial charge in [-0.2, -0.15) is 4.31 Å². The van der Waals surface area contributed by atoms with E-state index in [0.717, 1.165) is 33.5 Å². The van der Waals surface area contributed by atoms with E-state index in [1.54, 1.807) is 35.2 Å². The number of hydrogen-bond donors (Lipinski definition) is 0. The Labute approximate surface area is 194 Å². The Morgan fingerprint density at radius 3 is 2.78 bits per heavy atom. The van der Waals surface area contributed by atoms with Gasteiger partial charge >= 0.3 is 0 Å². The molecule has 1 saturated heterocycles. The molecule has 1 fully saturated rings. The van der Waals surface area contributed by atoms with Gasteiger partial charge in [-0.05, 0) is 36.6 Å². The van der Waals surface area contributed by atoms with E-state index in [1.165, 1.54) is 4.31 Å². The standard InChI is InChI=1S/C21H22N4O4S3/c1-2-25-18-6-5-16(32(26,27)24-7-9-28-10-8-24)13-17(18)22-21(25)31-14-15-12-19(29-23-15)20-4-3-11-30-20/h3-6,11-13H,2,7-10,14H2,1H3. The number of aryl methyl sites for hydroxylation is 1. The van der Waals surface area contributed by atoms with Crippen molar-refractivity contribution in [3.05, 3.63) is 47.5 Å². The lowest BCUT2D eigenvalue weighted by atomic mass is 10.3. The normalized spacial score (nSPS) is 15.5. The molecule has 4 aromatic rings. The predicted octanol–water partition coefficient (Wildman–Crippen LogP) is 4.09. The molecule has 0 amide bonds. The van der Waals surface area contributed by atoms with Crippen molar-refractivity contribution < 1.29 is 17.7 Å². The van der Waals surface area contributed by atoms with Crippen molar-refractivity contribution in [3.63, 3.8) is 0 Å². The molecule has 0 atom stereocenters. The Balaban J connectivity index is 1.39. The highest BCUT2D eigenvalue weighted by Crippen LogP contribution is 2.31. The molecule has 11 heteroatoms. The van der Waals surface area contributed by atoms with Gasteiger partial charge in [0.1, 0.15) is 0 Å². The molecule has 1 aromatic carbocycles. The van der Waals surface area contributed by atoms with E-state index in [9.17, 15) is 8.42 Å². The van der Waals surface area contributed by atoms with Gasteiger partial charge in [0.05, 0.1) is 39.7 Å². The lowest BCUT2D eigenvalue weighted by molar-refractivity contribution is 0.0730. The van der Waals surface area contributed by atoms with Crippen LogP contribution in [-0.2, 0) is 27.1 Å². The molecule has 0 N–H and O–H groups in total. The maximum Gasteiger partial charge on any atom is 0.243 e. The zero-order valence-corrected chi connectivity index (χ0v) is 19.9. The molecule has 0 saturated carbocycles. The molecule has 8 nitrogen and oxygen atoms in total. The monoisotopic (exact) mass is 490 g/mol. The van der Waals surface area contributed by atoms with Crippen LogP contribution in [0.25, 0.3) is 21.7 Å². The second-order valence-corrected chi connectivity index (χ2v) is 11.1. The molecule has 5 rings (SSSR count). The highest BCUT2D eigenvalue weighted by Gasteiger charge is 2.27. The maximum absolute atomic E-state index is 13.0. The Kier molecular flexibility index (Phi) is 6.08. The number of ether oxygens (including phenoxy) is 1. The lowest BCUT2D eigenvalue weighted by Gasteiger charge is -2.26. The molecule has 0 unspecified atom stereocenters. The van der Waals surface area contributed by atoms with Crippen LogP contribution in [0.3, 0.4) is 0 Å². The number of rotatable bonds is 7. The van der Waals surface area contributed by atoms with Gasteiger partial charge in [-0.3, -0.25) is 0 Å². The van der Waals surface area contributed by atoms with Crippen molar-refractivity contribution in [2.24, 2.45) is 0 Å². The molecule has 32 heavy (non-hydrogen) atoms. The number of aromatic nitrogens is 3. The lowest BCUT2D eigenvalue weighted by Crippen LogP contribution is -2.40. The van der Waals surface area contributed by atoms with Crippen LogP contribution in [0.1, 0.15) is 12.6 Å². The van der Waals surface area contributed by atoms with Gasteiger partial charge in [0.25, 0.3) is 0 Å². The van der Waals surface area contributed by atoms with E-state index in [4.69, 9.17) is 14.2 Å². The van der Waals surface area contributed by atoms with Gasteiger partial charge in [-0.1, -0.05) is 23.0 Å². The molecular weight excluding hydrogens is 468 g/mol. The smallest absolute Gasteiger partial charge is 0.243 e. The first-order chi connectivity index (χ1) is 15.6. The van der Waals surface area contributed by atoms with E-state index in [1.807, 2.05) is 29.6 Å². The molecule has 3 aromatic heterocycles. The molecule has 0 aliphatic carbocycles. The number of benzene rings is 1. The second-order valence-electron chi connectivity index (χ2n) is 7.25. The van der Waals surface area contributed by atoms with Crippen molar-refractivity contribution in [2.75, 3.05) is 26.3 Å². The number of imidazole rings is 1. The zero-order valence-electron chi connectivity index (χ0n) is 17.4. The van der Waals surface area contributed by atoms with Crippen molar-refractivity contribution >= 4 is 44.2 Å². The third-order valence-corrected chi connectivity index (χ3v) is 9.07. The van der Waals surface area contributed by atoms with Gasteiger partial charge in [-0.25, -0.2) is 13.4 Å². The van der Waals surface area contributed by atoms with Gasteiger partial charge in [-0.15, -0.1) is 11.3 Å². The zero-order chi connectivity index (χ0) is 22.1. The molecule has 0 spiro atoms. The second kappa shape index (κ2) is 8.99. The number of nitrogens with zero attached hydrogens (tertiary/aromatic N) is 4. The first-order valence-corrected chi connectivity index (χ1v) is 13.6. The van der Waals surface area contributed by atoms with Crippen molar-refractivity contribution in [1.82, 2.24) is 19.0 Å². The molecule has 1 aliphatic heterocycles. The van der Waals surface area contributed by atoms with Crippen LogP contribution in [-0.4, -0.2) is 53.7 Å². The highest BCUT2D eigenvalue weighted by molar-refractivity contribution is 7.98. The minimum atomic E-state index is -3.56. The highest BCUT2D eigenvalue weighted by atomic mass is 32.2. The average molecular weight is 491 g/mol. The van der Waals surface area contributed by atoms with Gasteiger partial charge in [0.15, 0.2) is 10.9 Å². The van der Waals surface area contributed by atoms with Crippen molar-refractivity contribution in [3.8, 4) is 10.6 Å². The average Bonchev–Trinajstić information content (AvgIpc) is 3.57. The summed E-state index contributed by atoms with van der Waals surface area (Å²) in [7, 11) is -3.56. The third kappa shape index (κ3) is 4.11. The molecule has 168 valence electrons. The fourth-order valence-corrected chi connectivity index (χ4v) is 6.71. The number of thiophene rings is 1. The number of thioether (sulfide) groups is 1. The van der Waals surface area contributed by atoms with Gasteiger partial charge < -0.3 is 13.8 Å². The molecule has 4 heterocycles. The number of hydrogen-bond acceptors (Lipinski definition) is 8. The summed E-state index contributed by atoms with van der Waals surface area (Å²) in [5.41, 5.74) is 2.42. The predicted molar refractivity (Wildman–Crippen MR) is 124 cm³/mol. The van der Waals surface area contributed by atoms with E-state index >= 15 is 0 Å². The first-order valence-electron chi connectivity index (χ1n) is 10.3. The summed E-state index contributed by atoms with van der Waals surface area (Å²) in [5.74, 6) is 1.37. The van der Waals surface area contributed by atoms with Crippen molar-refractivity contribution in [1.29, 1.82) is 0 Å². The molecular formula is C21H22N4O4S3. The van der Waals surface area contributed by atoms with Crippen LogP contribution in [0.2, 0.25) is 0 Å². The third-order valence-electron chi connectivity index (χ3n) is 5.28. The summed E-state index contributed by atoms with van der Waals surface area (Å²) in [5, 5.41) is 7.00. The van der Waals surface area contributed by atoms with Crippen LogP contribution in [0.4, 0.5) is 0 Å². The van der Waals surface area contributed by atoms with Gasteiger partial charge in [0.2, 0.25) is 10.0 Å². The van der Waals surface area contributed by atoms with E-state index in [2.05, 4.69) is 16.6 Å². The summed E-state index contributed by atoms with van der Waals surface area (Å²) in [6, 6.07) is 11.1. The van der Waals surface area contributed by atoms with E-state index in [-0.39, 0.29) is 4.90 Å². The van der Waals surface area contributed by atoms with Crippen LogP contribution < -0.4 is 0 Å². The van der Waals surface area contributed by atoms with Crippen LogP contribution in [0, 0.1) is 0 Å². The summed E-state index contributed by atoms with van der Waals surface area (Å²) in [6.07, 6.45) is 0. The Hall–Kier alpha value is -2.18. The fourth-order valence-electron chi connectivity index (χ4n) is 3.65. The number of morpholine rings is 1. The Morgan fingerprint density at radius 1 is 1.19 bits per heavy atom. The summed E-state index contributed by atoms with van der Waals surface area (Å²) >= 11 is 3.17. The number of sulfonamides is 1. The minimum Gasteiger partial charge on any atom is -0.379 e. The number of fused-ring (bicyclic) bond motifs is 1. The van der Waals surface area contributed by atoms with Gasteiger partial charge in [0, 0.05) is 31.5 Å². The quantitative estimate of drug-likeness (QED) is 0.361.